The molecule has 0 heterocycles. The van der Waals surface area contributed by atoms with Gasteiger partial charge in [0.05, 0.1) is 27.8 Å². The maximum atomic E-state index is 13.3. The molecule has 4 aromatic rings. The molecule has 0 atom stereocenters. The summed E-state index contributed by atoms with van der Waals surface area (Å²) in [4.78, 5) is 12.9. The number of phenolic OH excluding ortho intramolecular Hbond substituents is 1. The molecule has 1 amide bonds. The highest BCUT2D eigenvalue weighted by atomic mass is 35.5. The molecular formula is C27H23Cl2N3O6S. The van der Waals surface area contributed by atoms with E-state index in [-0.39, 0.29) is 26.9 Å². The fourth-order valence-corrected chi connectivity index (χ4v) is 5.13. The number of phenols is 1. The van der Waals surface area contributed by atoms with Crippen LogP contribution < -0.4 is 10.1 Å². The molecule has 0 saturated carbocycles. The van der Waals surface area contributed by atoms with Crippen molar-refractivity contribution in [2.75, 3.05) is 11.9 Å². The maximum absolute atomic E-state index is 13.3. The molecule has 4 rings (SSSR count). The average molecular weight is 588 g/mol. The highest BCUT2D eigenvalue weighted by Gasteiger charge is 2.21. The van der Waals surface area contributed by atoms with Crippen molar-refractivity contribution in [3.63, 3.8) is 0 Å². The molecule has 12 heteroatoms. The second-order valence-corrected chi connectivity index (χ2v) is 10.5. The van der Waals surface area contributed by atoms with Crippen LogP contribution in [0.15, 0.2) is 75.8 Å². The largest absolute Gasteiger partial charge is 0.505 e. The van der Waals surface area contributed by atoms with E-state index in [1.165, 1.54) is 18.2 Å². The number of benzene rings is 4. The van der Waals surface area contributed by atoms with Crippen molar-refractivity contribution >= 4 is 67.1 Å². The van der Waals surface area contributed by atoms with Crippen LogP contribution in [-0.4, -0.2) is 30.6 Å². The van der Waals surface area contributed by atoms with Crippen molar-refractivity contribution < 1.29 is 27.6 Å². The van der Waals surface area contributed by atoms with Crippen LogP contribution in [0, 0.1) is 0 Å². The molecule has 0 fully saturated rings. The number of azo groups is 1. The van der Waals surface area contributed by atoms with Crippen LogP contribution in [0.1, 0.15) is 29.8 Å². The molecule has 39 heavy (non-hydrogen) atoms. The van der Waals surface area contributed by atoms with Crippen LogP contribution in [0.5, 0.6) is 11.5 Å². The number of nitrogens with one attached hydrogen (secondary N) is 1. The standard InChI is InChI=1S/C27H23Cl2N3O6S/c1-3-15-12-20(29)21(14-24(15)39(35,36)37)31-32-25-18-8-6-5-7-16(18)11-19(26(25)33)27(34)30-22-13-17(28)9-10-23(22)38-4-2/h5-14,33H,3-4H2,1-2H3,(H,30,34)(H,35,36,37). The summed E-state index contributed by atoms with van der Waals surface area (Å²) < 4.78 is 38.9. The Bertz CT molecular complexity index is 1720. The quantitative estimate of drug-likeness (QED) is 0.142. The van der Waals surface area contributed by atoms with Crippen molar-refractivity contribution in [2.45, 2.75) is 25.2 Å². The Hall–Kier alpha value is -3.70. The first-order chi connectivity index (χ1) is 18.5. The number of rotatable bonds is 8. The molecule has 0 radical (unpaired) electrons. The number of nitrogens with zero attached hydrogens (tertiary/aromatic N) is 2. The molecular weight excluding hydrogens is 565 g/mol. The fraction of sp³-hybridized carbons (Fsp3) is 0.148. The number of carbonyl (C=O) groups excluding carboxylic acids is 1. The Labute approximate surface area is 234 Å². The van der Waals surface area contributed by atoms with Gasteiger partial charge in [0.25, 0.3) is 16.0 Å². The van der Waals surface area contributed by atoms with E-state index in [0.29, 0.717) is 45.8 Å². The summed E-state index contributed by atoms with van der Waals surface area (Å²) in [7, 11) is -4.55. The number of hydrogen-bond acceptors (Lipinski definition) is 7. The van der Waals surface area contributed by atoms with Gasteiger partial charge in [-0.1, -0.05) is 54.4 Å². The number of halogens is 2. The van der Waals surface area contributed by atoms with Crippen molar-refractivity contribution in [2.24, 2.45) is 10.2 Å². The number of ether oxygens (including phenoxy) is 1. The summed E-state index contributed by atoms with van der Waals surface area (Å²) in [6, 6.07) is 15.6. The lowest BCUT2D eigenvalue weighted by molar-refractivity contribution is 0.102. The molecule has 0 aliphatic heterocycles. The summed E-state index contributed by atoms with van der Waals surface area (Å²) in [6.45, 7) is 3.87. The number of fused-ring (bicyclic) bond motifs is 1. The van der Waals surface area contributed by atoms with Crippen molar-refractivity contribution in [1.82, 2.24) is 0 Å². The first kappa shape index (κ1) is 28.3. The molecule has 0 saturated heterocycles. The molecule has 9 nitrogen and oxygen atoms in total. The molecule has 4 aromatic carbocycles. The summed E-state index contributed by atoms with van der Waals surface area (Å²) in [5.41, 5.74) is 0.418. The van der Waals surface area contributed by atoms with Crippen LogP contribution in [0.2, 0.25) is 10.0 Å². The average Bonchev–Trinajstić information content (AvgIpc) is 2.89. The van der Waals surface area contributed by atoms with Gasteiger partial charge in [0.1, 0.15) is 17.1 Å². The first-order valence-corrected chi connectivity index (χ1v) is 13.9. The zero-order valence-electron chi connectivity index (χ0n) is 20.8. The minimum Gasteiger partial charge on any atom is -0.505 e. The highest BCUT2D eigenvalue weighted by Crippen LogP contribution is 2.41. The van der Waals surface area contributed by atoms with Gasteiger partial charge in [-0.3, -0.25) is 9.35 Å². The molecule has 0 aliphatic carbocycles. The zero-order chi connectivity index (χ0) is 28.3. The van der Waals surface area contributed by atoms with Gasteiger partial charge in [-0.2, -0.15) is 8.42 Å². The summed E-state index contributed by atoms with van der Waals surface area (Å²) in [6.07, 6.45) is 0.298. The maximum Gasteiger partial charge on any atom is 0.294 e. The van der Waals surface area contributed by atoms with Gasteiger partial charge in [0, 0.05) is 10.4 Å². The van der Waals surface area contributed by atoms with Crippen LogP contribution in [0.4, 0.5) is 17.1 Å². The van der Waals surface area contributed by atoms with Crippen LogP contribution >= 0.6 is 23.2 Å². The zero-order valence-corrected chi connectivity index (χ0v) is 23.1. The van der Waals surface area contributed by atoms with Gasteiger partial charge < -0.3 is 15.2 Å². The SMILES string of the molecule is CCOc1ccc(Cl)cc1NC(=O)c1cc2ccccc2c(N=Nc2cc(S(=O)(=O)O)c(CC)cc2Cl)c1O. The Morgan fingerprint density at radius 3 is 2.46 bits per heavy atom. The summed E-state index contributed by atoms with van der Waals surface area (Å²) in [5, 5.41) is 23.6. The lowest BCUT2D eigenvalue weighted by atomic mass is 10.0. The molecule has 0 aromatic heterocycles. The summed E-state index contributed by atoms with van der Waals surface area (Å²) in [5.74, 6) is -0.724. The third-order valence-electron chi connectivity index (χ3n) is 5.78. The topological polar surface area (TPSA) is 138 Å². The van der Waals surface area contributed by atoms with Gasteiger partial charge in [0.2, 0.25) is 0 Å². The first-order valence-electron chi connectivity index (χ1n) is 11.7. The van der Waals surface area contributed by atoms with Gasteiger partial charge in [-0.05, 0) is 60.7 Å². The molecule has 0 bridgehead atoms. The predicted octanol–water partition coefficient (Wildman–Crippen LogP) is 7.73. The summed E-state index contributed by atoms with van der Waals surface area (Å²) >= 11 is 12.4. The minimum atomic E-state index is -4.55. The van der Waals surface area contributed by atoms with E-state index < -0.39 is 21.8 Å². The van der Waals surface area contributed by atoms with Gasteiger partial charge in [0.15, 0.2) is 5.75 Å². The lowest BCUT2D eigenvalue weighted by Gasteiger charge is -2.14. The molecule has 0 spiro atoms. The number of anilines is 1. The number of amides is 1. The third-order valence-corrected chi connectivity index (χ3v) is 7.25. The molecule has 202 valence electrons. The van der Waals surface area contributed by atoms with Gasteiger partial charge in [-0.15, -0.1) is 10.2 Å². The molecule has 3 N–H and O–H groups in total. The third kappa shape index (κ3) is 6.15. The number of carbonyl (C=O) groups is 1. The van der Waals surface area contributed by atoms with Crippen LogP contribution in [-0.2, 0) is 16.5 Å². The number of hydrogen-bond donors (Lipinski definition) is 3. The predicted molar refractivity (Wildman–Crippen MR) is 151 cm³/mol. The minimum absolute atomic E-state index is 0.0431. The second-order valence-electron chi connectivity index (χ2n) is 8.31. The highest BCUT2D eigenvalue weighted by molar-refractivity contribution is 7.85. The monoisotopic (exact) mass is 587 g/mol. The Morgan fingerprint density at radius 1 is 1.03 bits per heavy atom. The van der Waals surface area contributed by atoms with E-state index >= 15 is 0 Å². The lowest BCUT2D eigenvalue weighted by Crippen LogP contribution is -2.13. The Balaban J connectivity index is 1.81. The van der Waals surface area contributed by atoms with Crippen molar-refractivity contribution in [1.29, 1.82) is 0 Å². The van der Waals surface area contributed by atoms with Crippen molar-refractivity contribution in [3.05, 3.63) is 81.8 Å². The normalized spacial score (nSPS) is 11.7. The number of aryl methyl sites for hydroxylation is 1. The van der Waals surface area contributed by atoms with E-state index in [1.807, 2.05) is 0 Å². The van der Waals surface area contributed by atoms with E-state index in [0.717, 1.165) is 6.07 Å². The molecule has 0 aliphatic rings. The van der Waals surface area contributed by atoms with Gasteiger partial charge in [-0.25, -0.2) is 0 Å². The second kappa shape index (κ2) is 11.6. The van der Waals surface area contributed by atoms with E-state index in [1.54, 1.807) is 50.2 Å². The molecule has 0 unspecified atom stereocenters. The van der Waals surface area contributed by atoms with E-state index in [4.69, 9.17) is 27.9 Å². The Kier molecular flexibility index (Phi) is 8.41. The van der Waals surface area contributed by atoms with E-state index in [9.17, 15) is 22.9 Å². The van der Waals surface area contributed by atoms with Crippen LogP contribution in [0.25, 0.3) is 10.8 Å². The van der Waals surface area contributed by atoms with Gasteiger partial charge >= 0.3 is 0 Å². The Morgan fingerprint density at radius 2 is 1.77 bits per heavy atom. The fourth-order valence-electron chi connectivity index (χ4n) is 3.94. The van der Waals surface area contributed by atoms with Crippen molar-refractivity contribution in [3.8, 4) is 11.5 Å². The van der Waals surface area contributed by atoms with Crippen LogP contribution in [0.3, 0.4) is 0 Å². The number of aromatic hydroxyl groups is 1. The van der Waals surface area contributed by atoms with E-state index in [2.05, 4.69) is 15.5 Å². The smallest absolute Gasteiger partial charge is 0.294 e.